The van der Waals surface area contributed by atoms with Gasteiger partial charge in [0.05, 0.1) is 31.6 Å². The van der Waals surface area contributed by atoms with E-state index in [1.807, 2.05) is 0 Å². The number of rotatable bonds is 10. The Balaban J connectivity index is 2.34. The van der Waals surface area contributed by atoms with Gasteiger partial charge >= 0.3 is 5.97 Å². The normalized spacial score (nSPS) is 10.7. The molecule has 0 aliphatic carbocycles. The van der Waals surface area contributed by atoms with Crippen molar-refractivity contribution in [3.8, 4) is 11.5 Å². The zero-order chi connectivity index (χ0) is 20.7. The van der Waals surface area contributed by atoms with Gasteiger partial charge in [0.2, 0.25) is 0 Å². The molecule has 0 aromatic heterocycles. The molecule has 0 saturated carbocycles. The predicted molar refractivity (Wildman–Crippen MR) is 99.0 cm³/mol. The van der Waals surface area contributed by atoms with E-state index in [1.54, 1.807) is 17.0 Å². The standard InChI is InChI=1S/C19H21FN2O6/c1-27-17-9-14(16(22(25)26)10-18(17)28-2)12-21(8-7-19(23)24)11-13-3-5-15(20)6-4-13/h3-6,9-10H,7-8,11-12H2,1-2H3,(H,23,24). The van der Waals surface area contributed by atoms with Crippen LogP contribution in [0.2, 0.25) is 0 Å². The fourth-order valence-electron chi connectivity index (χ4n) is 2.76. The first kappa shape index (κ1) is 21.1. The summed E-state index contributed by atoms with van der Waals surface area (Å²) in [5, 5.41) is 20.5. The maximum absolute atomic E-state index is 13.1. The van der Waals surface area contributed by atoms with E-state index in [-0.39, 0.29) is 36.8 Å². The third-order valence-electron chi connectivity index (χ3n) is 4.14. The monoisotopic (exact) mass is 392 g/mol. The van der Waals surface area contributed by atoms with Gasteiger partial charge in [0, 0.05) is 25.2 Å². The van der Waals surface area contributed by atoms with Crippen LogP contribution in [0, 0.1) is 15.9 Å². The van der Waals surface area contributed by atoms with E-state index in [4.69, 9.17) is 14.6 Å². The van der Waals surface area contributed by atoms with E-state index in [1.165, 1.54) is 38.5 Å². The van der Waals surface area contributed by atoms with Crippen LogP contribution >= 0.6 is 0 Å². The molecule has 0 unspecified atom stereocenters. The first-order valence-electron chi connectivity index (χ1n) is 8.42. The van der Waals surface area contributed by atoms with E-state index in [0.717, 1.165) is 5.56 Å². The molecule has 0 amide bonds. The number of halogens is 1. The molecule has 28 heavy (non-hydrogen) atoms. The van der Waals surface area contributed by atoms with Crippen LogP contribution in [0.4, 0.5) is 10.1 Å². The van der Waals surface area contributed by atoms with E-state index in [2.05, 4.69) is 0 Å². The van der Waals surface area contributed by atoms with Crippen LogP contribution < -0.4 is 9.47 Å². The highest BCUT2D eigenvalue weighted by atomic mass is 19.1. The van der Waals surface area contributed by atoms with Crippen molar-refractivity contribution < 1.29 is 28.7 Å². The van der Waals surface area contributed by atoms with E-state index < -0.39 is 10.9 Å². The summed E-state index contributed by atoms with van der Waals surface area (Å²) in [6.45, 7) is 0.582. The van der Waals surface area contributed by atoms with Crippen LogP contribution in [0.3, 0.4) is 0 Å². The molecule has 0 bridgehead atoms. The van der Waals surface area contributed by atoms with Crippen LogP contribution in [0.15, 0.2) is 36.4 Å². The highest BCUT2D eigenvalue weighted by molar-refractivity contribution is 5.66. The minimum atomic E-state index is -0.981. The van der Waals surface area contributed by atoms with Crippen molar-refractivity contribution in [2.24, 2.45) is 0 Å². The highest BCUT2D eigenvalue weighted by Crippen LogP contribution is 2.35. The molecule has 2 rings (SSSR count). The van der Waals surface area contributed by atoms with Crippen molar-refractivity contribution in [3.63, 3.8) is 0 Å². The molecule has 0 atom stereocenters. The van der Waals surface area contributed by atoms with Crippen molar-refractivity contribution in [1.29, 1.82) is 0 Å². The van der Waals surface area contributed by atoms with Crippen molar-refractivity contribution in [1.82, 2.24) is 4.90 Å². The number of aliphatic carboxylic acids is 1. The largest absolute Gasteiger partial charge is 0.493 e. The number of carboxylic acid groups (broad SMARTS) is 1. The highest BCUT2D eigenvalue weighted by Gasteiger charge is 2.22. The summed E-state index contributed by atoms with van der Waals surface area (Å²) in [5.41, 5.74) is 0.960. The summed E-state index contributed by atoms with van der Waals surface area (Å²) in [4.78, 5) is 23.7. The third-order valence-corrected chi connectivity index (χ3v) is 4.14. The first-order valence-corrected chi connectivity index (χ1v) is 8.42. The molecule has 8 nitrogen and oxygen atoms in total. The Morgan fingerprint density at radius 3 is 2.29 bits per heavy atom. The van der Waals surface area contributed by atoms with Gasteiger partial charge in [-0.3, -0.25) is 19.8 Å². The lowest BCUT2D eigenvalue weighted by Crippen LogP contribution is -2.26. The van der Waals surface area contributed by atoms with Crippen molar-refractivity contribution in [2.75, 3.05) is 20.8 Å². The second-order valence-electron chi connectivity index (χ2n) is 6.07. The fraction of sp³-hybridized carbons (Fsp3) is 0.316. The second kappa shape index (κ2) is 9.65. The number of hydrogen-bond acceptors (Lipinski definition) is 6. The number of nitro benzene ring substituents is 1. The van der Waals surface area contributed by atoms with Crippen molar-refractivity contribution in [3.05, 3.63) is 63.5 Å². The molecule has 0 aliphatic rings. The predicted octanol–water partition coefficient (Wildman–Crippen LogP) is 3.23. The molecule has 2 aromatic rings. The molecule has 9 heteroatoms. The maximum atomic E-state index is 13.1. The van der Waals surface area contributed by atoms with E-state index in [9.17, 15) is 19.3 Å². The number of carboxylic acids is 1. The summed E-state index contributed by atoms with van der Waals surface area (Å²) < 4.78 is 23.5. The van der Waals surface area contributed by atoms with Gasteiger partial charge in [0.15, 0.2) is 11.5 Å². The van der Waals surface area contributed by atoms with Gasteiger partial charge in [-0.05, 0) is 23.8 Å². The summed E-state index contributed by atoms with van der Waals surface area (Å²) >= 11 is 0. The number of methoxy groups -OCH3 is 2. The van der Waals surface area contributed by atoms with E-state index >= 15 is 0 Å². The minimum absolute atomic E-state index is 0.112. The molecule has 0 spiro atoms. The average molecular weight is 392 g/mol. The van der Waals surface area contributed by atoms with Crippen LogP contribution in [0.1, 0.15) is 17.5 Å². The molecule has 0 saturated heterocycles. The zero-order valence-corrected chi connectivity index (χ0v) is 15.6. The summed E-state index contributed by atoms with van der Waals surface area (Å²) in [7, 11) is 2.81. The lowest BCUT2D eigenvalue weighted by molar-refractivity contribution is -0.385. The number of nitrogens with zero attached hydrogens (tertiary/aromatic N) is 2. The molecule has 1 N–H and O–H groups in total. The first-order chi connectivity index (χ1) is 13.3. The average Bonchev–Trinajstić information content (AvgIpc) is 2.67. The molecule has 2 aromatic carbocycles. The number of benzene rings is 2. The molecular formula is C19H21FN2O6. The molecule has 0 fully saturated rings. The lowest BCUT2D eigenvalue weighted by atomic mass is 10.1. The van der Waals surface area contributed by atoms with E-state index in [0.29, 0.717) is 17.9 Å². The molecular weight excluding hydrogens is 371 g/mol. The molecule has 150 valence electrons. The number of hydrogen-bond donors (Lipinski definition) is 1. The summed E-state index contributed by atoms with van der Waals surface area (Å²) in [6, 6.07) is 8.59. The van der Waals surface area contributed by atoms with Crippen LogP contribution in [-0.4, -0.2) is 41.7 Å². The lowest BCUT2D eigenvalue weighted by Gasteiger charge is -2.22. The van der Waals surface area contributed by atoms with Gasteiger partial charge in [-0.1, -0.05) is 12.1 Å². The third kappa shape index (κ3) is 5.65. The van der Waals surface area contributed by atoms with Gasteiger partial charge < -0.3 is 14.6 Å². The van der Waals surface area contributed by atoms with Crippen molar-refractivity contribution >= 4 is 11.7 Å². The Kier molecular flexibility index (Phi) is 7.28. The topological polar surface area (TPSA) is 102 Å². The Morgan fingerprint density at radius 2 is 1.75 bits per heavy atom. The Hall–Kier alpha value is -3.20. The Bertz CT molecular complexity index is 841. The minimum Gasteiger partial charge on any atom is -0.493 e. The quantitative estimate of drug-likeness (QED) is 0.489. The van der Waals surface area contributed by atoms with Gasteiger partial charge in [-0.2, -0.15) is 0 Å². The summed E-state index contributed by atoms with van der Waals surface area (Å²) in [6.07, 6.45) is -0.137. The van der Waals surface area contributed by atoms with Crippen LogP contribution in [-0.2, 0) is 17.9 Å². The number of nitro groups is 1. The van der Waals surface area contributed by atoms with Gasteiger partial charge in [0.1, 0.15) is 5.82 Å². The maximum Gasteiger partial charge on any atom is 0.304 e. The van der Waals surface area contributed by atoms with Gasteiger partial charge in [0.25, 0.3) is 5.69 Å². The van der Waals surface area contributed by atoms with Gasteiger partial charge in [-0.15, -0.1) is 0 Å². The number of ether oxygens (including phenoxy) is 2. The van der Waals surface area contributed by atoms with Crippen LogP contribution in [0.5, 0.6) is 11.5 Å². The molecule has 0 heterocycles. The Morgan fingerprint density at radius 1 is 1.14 bits per heavy atom. The second-order valence-corrected chi connectivity index (χ2v) is 6.07. The molecule has 0 aliphatic heterocycles. The SMILES string of the molecule is COc1cc(CN(CCC(=O)O)Cc2ccc(F)cc2)c([N+](=O)[O-])cc1OC. The fourth-order valence-corrected chi connectivity index (χ4v) is 2.76. The van der Waals surface area contributed by atoms with Crippen LogP contribution in [0.25, 0.3) is 0 Å². The zero-order valence-electron chi connectivity index (χ0n) is 15.6. The molecule has 0 radical (unpaired) electrons. The smallest absolute Gasteiger partial charge is 0.304 e. The van der Waals surface area contributed by atoms with Gasteiger partial charge in [-0.25, -0.2) is 4.39 Å². The van der Waals surface area contributed by atoms with Crippen molar-refractivity contribution in [2.45, 2.75) is 19.5 Å². The number of carbonyl (C=O) groups is 1. The Labute approximate surface area is 161 Å². The summed E-state index contributed by atoms with van der Waals surface area (Å²) in [5.74, 6) is -0.793.